The van der Waals surface area contributed by atoms with Crippen LogP contribution in [0.2, 0.25) is 0 Å². The van der Waals surface area contributed by atoms with Crippen LogP contribution in [0.15, 0.2) is 47.5 Å². The monoisotopic (exact) mass is 380 g/mol. The van der Waals surface area contributed by atoms with Crippen LogP contribution in [-0.2, 0) is 33.0 Å². The fourth-order valence-corrected chi connectivity index (χ4v) is 3.63. The first-order valence-electron chi connectivity index (χ1n) is 7.87. The van der Waals surface area contributed by atoms with Gasteiger partial charge in [0.2, 0.25) is 10.0 Å². The van der Waals surface area contributed by atoms with E-state index in [1.54, 1.807) is 37.3 Å². The third kappa shape index (κ3) is 4.70. The topological polar surface area (TPSA) is 115 Å². The number of carbonyl (C=O) groups is 2. The fourth-order valence-electron chi connectivity index (χ4n) is 2.37. The van der Waals surface area contributed by atoms with Crippen LogP contribution >= 0.6 is 0 Å². The van der Waals surface area contributed by atoms with E-state index in [0.29, 0.717) is 5.56 Å². The molecule has 0 fully saturated rings. The predicted octanol–water partition coefficient (Wildman–Crippen LogP) is 1.18. The number of esters is 1. The van der Waals surface area contributed by atoms with Crippen LogP contribution < -0.4 is 4.72 Å². The summed E-state index contributed by atoms with van der Waals surface area (Å²) in [6.07, 6.45) is 1.23. The van der Waals surface area contributed by atoms with Crippen molar-refractivity contribution in [2.45, 2.75) is 24.3 Å². The average molecular weight is 380 g/mol. The molecule has 0 bridgehead atoms. The summed E-state index contributed by atoms with van der Waals surface area (Å²) in [6.45, 7) is 1.80. The number of nitrogens with one attached hydrogen (secondary N) is 1. The molecule has 0 aliphatic rings. The third-order valence-electron chi connectivity index (χ3n) is 3.65. The standard InChI is InChI=1S/C17H20N2O6S/c1-3-25-17(22)15-10-13(11-19(15)2)26(23,24)18-14(16(20)21)9-12-7-5-4-6-8-12/h4-8,10-11,14,18H,3,9H2,1-2H3,(H,20,21)/t14-/m1/s1. The molecule has 0 spiro atoms. The van der Waals surface area contributed by atoms with Gasteiger partial charge < -0.3 is 14.4 Å². The van der Waals surface area contributed by atoms with Crippen molar-refractivity contribution in [2.75, 3.05) is 6.61 Å². The lowest BCUT2D eigenvalue weighted by molar-refractivity contribution is -0.138. The second-order valence-corrected chi connectivity index (χ2v) is 7.31. The Labute approximate surface area is 151 Å². The van der Waals surface area contributed by atoms with Crippen molar-refractivity contribution in [3.05, 3.63) is 53.9 Å². The van der Waals surface area contributed by atoms with E-state index in [0.717, 1.165) is 6.07 Å². The van der Waals surface area contributed by atoms with Gasteiger partial charge in [0.15, 0.2) is 0 Å². The van der Waals surface area contributed by atoms with Crippen LogP contribution in [0.1, 0.15) is 23.0 Å². The van der Waals surface area contributed by atoms with E-state index in [1.807, 2.05) is 0 Å². The molecule has 2 N–H and O–H groups in total. The van der Waals surface area contributed by atoms with Crippen LogP contribution in [0.25, 0.3) is 0 Å². The van der Waals surface area contributed by atoms with Gasteiger partial charge in [-0.15, -0.1) is 0 Å². The molecule has 1 heterocycles. The van der Waals surface area contributed by atoms with E-state index in [1.165, 1.54) is 17.8 Å². The van der Waals surface area contributed by atoms with Gasteiger partial charge in [0, 0.05) is 13.2 Å². The first-order chi connectivity index (χ1) is 12.2. The van der Waals surface area contributed by atoms with Crippen LogP contribution in [0.3, 0.4) is 0 Å². The van der Waals surface area contributed by atoms with E-state index >= 15 is 0 Å². The van der Waals surface area contributed by atoms with Crippen molar-refractivity contribution in [2.24, 2.45) is 7.05 Å². The van der Waals surface area contributed by atoms with Gasteiger partial charge >= 0.3 is 11.9 Å². The van der Waals surface area contributed by atoms with Crippen molar-refractivity contribution >= 4 is 22.0 Å². The van der Waals surface area contributed by atoms with E-state index in [4.69, 9.17) is 4.74 Å². The molecule has 1 atom stereocenters. The molecule has 1 aromatic carbocycles. The zero-order valence-electron chi connectivity index (χ0n) is 14.4. The minimum Gasteiger partial charge on any atom is -0.480 e. The Bertz CT molecular complexity index is 889. The maximum absolute atomic E-state index is 12.5. The second-order valence-electron chi connectivity index (χ2n) is 5.59. The molecular formula is C17H20N2O6S. The number of nitrogens with zero attached hydrogens (tertiary/aromatic N) is 1. The smallest absolute Gasteiger partial charge is 0.354 e. The quantitative estimate of drug-likeness (QED) is 0.665. The lowest BCUT2D eigenvalue weighted by Gasteiger charge is -2.14. The number of carbonyl (C=O) groups excluding carboxylic acids is 1. The Morgan fingerprint density at radius 1 is 1.27 bits per heavy atom. The van der Waals surface area contributed by atoms with Gasteiger partial charge in [-0.25, -0.2) is 13.2 Å². The molecule has 0 unspecified atom stereocenters. The Morgan fingerprint density at radius 2 is 1.92 bits per heavy atom. The number of carboxylic acid groups (broad SMARTS) is 1. The zero-order valence-corrected chi connectivity index (χ0v) is 15.2. The maximum atomic E-state index is 12.5. The first kappa shape index (κ1) is 19.7. The lowest BCUT2D eigenvalue weighted by atomic mass is 10.1. The highest BCUT2D eigenvalue weighted by Crippen LogP contribution is 2.16. The number of hydrogen-bond acceptors (Lipinski definition) is 5. The minimum atomic E-state index is -4.13. The summed E-state index contributed by atoms with van der Waals surface area (Å²) in [5.74, 6) is -1.95. The van der Waals surface area contributed by atoms with E-state index in [-0.39, 0.29) is 23.6 Å². The first-order valence-corrected chi connectivity index (χ1v) is 9.35. The summed E-state index contributed by atoms with van der Waals surface area (Å²) in [4.78, 5) is 23.1. The van der Waals surface area contributed by atoms with Gasteiger partial charge in [-0.2, -0.15) is 4.72 Å². The third-order valence-corrected chi connectivity index (χ3v) is 5.09. The predicted molar refractivity (Wildman–Crippen MR) is 93.3 cm³/mol. The molecule has 9 heteroatoms. The number of rotatable bonds is 8. The van der Waals surface area contributed by atoms with Crippen LogP contribution in [0.5, 0.6) is 0 Å². The Hall–Kier alpha value is -2.65. The molecular weight excluding hydrogens is 360 g/mol. The summed E-state index contributed by atoms with van der Waals surface area (Å²) < 4.78 is 33.4. The Morgan fingerprint density at radius 3 is 2.50 bits per heavy atom. The van der Waals surface area contributed by atoms with Crippen molar-refractivity contribution in [1.29, 1.82) is 0 Å². The van der Waals surface area contributed by atoms with Crippen LogP contribution in [0.4, 0.5) is 0 Å². The number of aromatic nitrogens is 1. The molecule has 0 saturated heterocycles. The molecule has 0 amide bonds. The molecule has 0 aliphatic carbocycles. The van der Waals surface area contributed by atoms with Crippen molar-refractivity contribution < 1.29 is 27.9 Å². The summed E-state index contributed by atoms with van der Waals surface area (Å²) in [6, 6.07) is 8.51. The molecule has 0 saturated carbocycles. The molecule has 1 aromatic heterocycles. The molecule has 2 aromatic rings. The Kier molecular flexibility index (Phi) is 6.17. The van der Waals surface area contributed by atoms with Gasteiger partial charge in [-0.3, -0.25) is 4.79 Å². The van der Waals surface area contributed by atoms with Gasteiger partial charge in [-0.05, 0) is 25.0 Å². The minimum absolute atomic E-state index is 0.00697. The number of carboxylic acids is 1. The average Bonchev–Trinajstić information content (AvgIpc) is 2.98. The SMILES string of the molecule is CCOC(=O)c1cc(S(=O)(=O)N[C@H](Cc2ccccc2)C(=O)O)cn1C. The van der Waals surface area contributed by atoms with Crippen molar-refractivity contribution in [1.82, 2.24) is 9.29 Å². The van der Waals surface area contributed by atoms with Gasteiger partial charge in [-0.1, -0.05) is 30.3 Å². The van der Waals surface area contributed by atoms with Gasteiger partial charge in [0.05, 0.1) is 6.61 Å². The number of ether oxygens (including phenoxy) is 1. The molecule has 2 rings (SSSR count). The number of benzene rings is 1. The highest BCUT2D eigenvalue weighted by Gasteiger charge is 2.28. The highest BCUT2D eigenvalue weighted by atomic mass is 32.2. The Balaban J connectivity index is 2.24. The highest BCUT2D eigenvalue weighted by molar-refractivity contribution is 7.89. The fraction of sp³-hybridized carbons (Fsp3) is 0.294. The molecule has 140 valence electrons. The normalized spacial score (nSPS) is 12.5. The summed E-state index contributed by atoms with van der Waals surface area (Å²) >= 11 is 0. The van der Waals surface area contributed by atoms with Crippen molar-refractivity contribution in [3.63, 3.8) is 0 Å². The van der Waals surface area contributed by atoms with E-state index in [9.17, 15) is 23.1 Å². The van der Waals surface area contributed by atoms with Gasteiger partial charge in [0.1, 0.15) is 16.6 Å². The maximum Gasteiger partial charge on any atom is 0.354 e. The zero-order chi connectivity index (χ0) is 19.3. The number of aliphatic carboxylic acids is 1. The largest absolute Gasteiger partial charge is 0.480 e. The van der Waals surface area contributed by atoms with Crippen LogP contribution in [-0.4, -0.2) is 42.7 Å². The summed E-state index contributed by atoms with van der Waals surface area (Å²) in [5.41, 5.74) is 0.741. The molecule has 26 heavy (non-hydrogen) atoms. The lowest BCUT2D eigenvalue weighted by Crippen LogP contribution is -2.42. The number of hydrogen-bond donors (Lipinski definition) is 2. The summed E-state index contributed by atoms with van der Waals surface area (Å²) in [7, 11) is -2.63. The van der Waals surface area contributed by atoms with Gasteiger partial charge in [0.25, 0.3) is 0 Å². The molecule has 0 aliphatic heterocycles. The molecule has 8 nitrogen and oxygen atoms in total. The number of aryl methyl sites for hydroxylation is 1. The number of sulfonamides is 1. The van der Waals surface area contributed by atoms with Crippen molar-refractivity contribution in [3.8, 4) is 0 Å². The van der Waals surface area contributed by atoms with E-state index in [2.05, 4.69) is 4.72 Å². The van der Waals surface area contributed by atoms with Crippen LogP contribution in [0, 0.1) is 0 Å². The molecule has 0 radical (unpaired) electrons. The summed E-state index contributed by atoms with van der Waals surface area (Å²) in [5, 5.41) is 9.36. The van der Waals surface area contributed by atoms with E-state index < -0.39 is 28.0 Å². The second kappa shape index (κ2) is 8.15.